The van der Waals surface area contributed by atoms with Gasteiger partial charge in [-0.1, -0.05) is 26.0 Å². The van der Waals surface area contributed by atoms with Gasteiger partial charge in [-0.3, -0.25) is 19.6 Å². The molecule has 3 rings (SSSR count). The first kappa shape index (κ1) is 13.5. The van der Waals surface area contributed by atoms with E-state index in [-0.39, 0.29) is 17.7 Å². The van der Waals surface area contributed by atoms with E-state index in [1.807, 2.05) is 13.8 Å². The molecule has 2 heterocycles. The van der Waals surface area contributed by atoms with E-state index in [9.17, 15) is 9.59 Å². The van der Waals surface area contributed by atoms with Gasteiger partial charge in [0.15, 0.2) is 5.82 Å². The Balaban J connectivity index is 1.94. The van der Waals surface area contributed by atoms with Gasteiger partial charge < -0.3 is 0 Å². The first-order valence-corrected chi connectivity index (χ1v) is 6.89. The summed E-state index contributed by atoms with van der Waals surface area (Å²) in [4.78, 5) is 30.4. The largest absolute Gasteiger partial charge is 0.269 e. The Morgan fingerprint density at radius 1 is 1.05 bits per heavy atom. The van der Waals surface area contributed by atoms with Crippen LogP contribution < -0.4 is 0 Å². The Hall–Kier alpha value is -2.50. The topological polar surface area (TPSA) is 79.0 Å². The van der Waals surface area contributed by atoms with Gasteiger partial charge in [-0.05, 0) is 19.1 Å². The molecule has 1 aliphatic heterocycles. The second-order valence-corrected chi connectivity index (χ2v) is 5.44. The number of fused-ring (bicyclic) bond motifs is 1. The van der Waals surface area contributed by atoms with Crippen molar-refractivity contribution in [3.8, 4) is 0 Å². The van der Waals surface area contributed by atoms with Crippen LogP contribution in [0, 0.1) is 0 Å². The molecular formula is C15H16N4O2. The molecule has 2 amide bonds. The second-order valence-electron chi connectivity index (χ2n) is 5.44. The van der Waals surface area contributed by atoms with E-state index in [2.05, 4.69) is 15.2 Å². The number of rotatable bonds is 3. The molecule has 0 radical (unpaired) electrons. The van der Waals surface area contributed by atoms with Crippen molar-refractivity contribution in [3.05, 3.63) is 47.0 Å². The van der Waals surface area contributed by atoms with Crippen molar-refractivity contribution in [1.82, 2.24) is 20.1 Å². The zero-order valence-electron chi connectivity index (χ0n) is 12.1. The molecule has 0 saturated carbocycles. The number of amides is 2. The number of hydrogen-bond donors (Lipinski definition) is 1. The number of hydrogen-bond acceptors (Lipinski definition) is 4. The molecule has 6 heteroatoms. The average molecular weight is 284 g/mol. The number of carbonyl (C=O) groups excluding carboxylic acids is 2. The third-order valence-electron chi connectivity index (χ3n) is 3.64. The smallest absolute Gasteiger partial charge is 0.262 e. The van der Waals surface area contributed by atoms with Crippen LogP contribution in [0.4, 0.5) is 0 Å². The predicted octanol–water partition coefficient (Wildman–Crippen LogP) is 2.29. The first-order valence-electron chi connectivity index (χ1n) is 6.89. The molecule has 6 nitrogen and oxygen atoms in total. The van der Waals surface area contributed by atoms with Gasteiger partial charge in [-0.25, -0.2) is 4.98 Å². The number of benzene rings is 1. The SMILES string of the molecule is CC(C)c1n[nH]c([C@H](C)N2C(=O)c3ccccc3C2=O)n1. The lowest BCUT2D eigenvalue weighted by atomic mass is 10.1. The normalized spacial score (nSPS) is 15.7. The van der Waals surface area contributed by atoms with Crippen LogP contribution >= 0.6 is 0 Å². The Kier molecular flexibility index (Phi) is 3.08. The summed E-state index contributed by atoms with van der Waals surface area (Å²) in [6.07, 6.45) is 0. The summed E-state index contributed by atoms with van der Waals surface area (Å²) in [6.45, 7) is 5.74. The minimum atomic E-state index is -0.475. The van der Waals surface area contributed by atoms with Gasteiger partial charge in [0.1, 0.15) is 5.82 Å². The zero-order chi connectivity index (χ0) is 15.1. The van der Waals surface area contributed by atoms with Gasteiger partial charge in [0.05, 0.1) is 17.2 Å². The van der Waals surface area contributed by atoms with Gasteiger partial charge >= 0.3 is 0 Å². The van der Waals surface area contributed by atoms with Gasteiger partial charge in [-0.2, -0.15) is 5.10 Å². The monoisotopic (exact) mass is 284 g/mol. The van der Waals surface area contributed by atoms with E-state index >= 15 is 0 Å². The van der Waals surface area contributed by atoms with Crippen LogP contribution in [0.1, 0.15) is 65.1 Å². The molecule has 1 N–H and O–H groups in total. The number of carbonyl (C=O) groups is 2. The number of nitrogens with one attached hydrogen (secondary N) is 1. The summed E-state index contributed by atoms with van der Waals surface area (Å²) < 4.78 is 0. The fourth-order valence-electron chi connectivity index (χ4n) is 2.41. The lowest BCUT2D eigenvalue weighted by Crippen LogP contribution is -2.33. The van der Waals surface area contributed by atoms with Crippen LogP contribution in [-0.2, 0) is 0 Å². The van der Waals surface area contributed by atoms with E-state index in [4.69, 9.17) is 0 Å². The van der Waals surface area contributed by atoms with Crippen molar-refractivity contribution in [1.29, 1.82) is 0 Å². The molecule has 1 atom stereocenters. The quantitative estimate of drug-likeness (QED) is 0.877. The number of aromatic nitrogens is 3. The maximum atomic E-state index is 12.4. The highest BCUT2D eigenvalue weighted by atomic mass is 16.2. The van der Waals surface area contributed by atoms with Crippen LogP contribution in [0.25, 0.3) is 0 Å². The molecular weight excluding hydrogens is 268 g/mol. The van der Waals surface area contributed by atoms with Crippen molar-refractivity contribution < 1.29 is 9.59 Å². The number of H-pyrrole nitrogens is 1. The summed E-state index contributed by atoms with van der Waals surface area (Å²) in [5, 5.41) is 6.95. The summed E-state index contributed by atoms with van der Waals surface area (Å²) >= 11 is 0. The maximum Gasteiger partial charge on any atom is 0.262 e. The summed E-state index contributed by atoms with van der Waals surface area (Å²) in [7, 11) is 0. The Morgan fingerprint density at radius 2 is 1.62 bits per heavy atom. The number of aromatic amines is 1. The third-order valence-corrected chi connectivity index (χ3v) is 3.64. The van der Waals surface area contributed by atoms with Crippen LogP contribution in [0.3, 0.4) is 0 Å². The Morgan fingerprint density at radius 3 is 2.10 bits per heavy atom. The number of nitrogens with zero attached hydrogens (tertiary/aromatic N) is 3. The van der Waals surface area contributed by atoms with Crippen LogP contribution in [0.5, 0.6) is 0 Å². The summed E-state index contributed by atoms with van der Waals surface area (Å²) in [6, 6.07) is 6.37. The molecule has 2 aromatic rings. The maximum absolute atomic E-state index is 12.4. The standard InChI is InChI=1S/C15H16N4O2/c1-8(2)12-16-13(18-17-12)9(3)19-14(20)10-6-4-5-7-11(10)15(19)21/h4-9H,1-3H3,(H,16,17,18)/t9-/m0/s1. The highest BCUT2D eigenvalue weighted by Crippen LogP contribution is 2.29. The molecule has 1 aromatic heterocycles. The van der Waals surface area contributed by atoms with E-state index < -0.39 is 6.04 Å². The fraction of sp³-hybridized carbons (Fsp3) is 0.333. The van der Waals surface area contributed by atoms with E-state index in [0.717, 1.165) is 0 Å². The molecule has 21 heavy (non-hydrogen) atoms. The van der Waals surface area contributed by atoms with Crippen molar-refractivity contribution >= 4 is 11.8 Å². The third kappa shape index (κ3) is 2.03. The van der Waals surface area contributed by atoms with Crippen LogP contribution in [0.2, 0.25) is 0 Å². The van der Waals surface area contributed by atoms with E-state index in [0.29, 0.717) is 22.8 Å². The zero-order valence-corrected chi connectivity index (χ0v) is 12.1. The Bertz CT molecular complexity index is 685. The van der Waals surface area contributed by atoms with Crippen molar-refractivity contribution in [3.63, 3.8) is 0 Å². The molecule has 0 unspecified atom stereocenters. The molecule has 0 saturated heterocycles. The Labute approximate surface area is 122 Å². The van der Waals surface area contributed by atoms with Crippen LogP contribution in [-0.4, -0.2) is 31.9 Å². The minimum Gasteiger partial charge on any atom is -0.269 e. The molecule has 0 spiro atoms. The number of imide groups is 1. The minimum absolute atomic E-state index is 0.185. The van der Waals surface area contributed by atoms with Gasteiger partial charge in [0.25, 0.3) is 11.8 Å². The average Bonchev–Trinajstić information content (AvgIpc) is 3.05. The molecule has 108 valence electrons. The summed E-state index contributed by atoms with van der Waals surface area (Å²) in [5.74, 6) is 0.808. The van der Waals surface area contributed by atoms with Gasteiger partial charge in [0, 0.05) is 5.92 Å². The predicted molar refractivity (Wildman–Crippen MR) is 75.8 cm³/mol. The molecule has 1 aromatic carbocycles. The lowest BCUT2D eigenvalue weighted by molar-refractivity contribution is 0.0589. The fourth-order valence-corrected chi connectivity index (χ4v) is 2.41. The molecule has 0 bridgehead atoms. The molecule has 1 aliphatic rings. The van der Waals surface area contributed by atoms with E-state index in [1.54, 1.807) is 31.2 Å². The molecule has 0 aliphatic carbocycles. The second kappa shape index (κ2) is 4.80. The van der Waals surface area contributed by atoms with Gasteiger partial charge in [-0.15, -0.1) is 0 Å². The van der Waals surface area contributed by atoms with Crippen molar-refractivity contribution in [2.75, 3.05) is 0 Å². The first-order chi connectivity index (χ1) is 10.0. The highest BCUT2D eigenvalue weighted by Gasteiger charge is 2.39. The van der Waals surface area contributed by atoms with Crippen molar-refractivity contribution in [2.45, 2.75) is 32.7 Å². The summed E-state index contributed by atoms with van der Waals surface area (Å²) in [5.41, 5.74) is 0.885. The highest BCUT2D eigenvalue weighted by molar-refractivity contribution is 6.21. The van der Waals surface area contributed by atoms with E-state index in [1.165, 1.54) is 4.90 Å². The van der Waals surface area contributed by atoms with Gasteiger partial charge in [0.2, 0.25) is 0 Å². The van der Waals surface area contributed by atoms with Crippen LogP contribution in [0.15, 0.2) is 24.3 Å². The molecule has 0 fully saturated rings. The lowest BCUT2D eigenvalue weighted by Gasteiger charge is -2.20. The van der Waals surface area contributed by atoms with Crippen molar-refractivity contribution in [2.24, 2.45) is 0 Å².